The first-order valence-corrected chi connectivity index (χ1v) is 9.33. The molecule has 1 aliphatic heterocycles. The summed E-state index contributed by atoms with van der Waals surface area (Å²) in [5, 5.41) is 0. The second-order valence-corrected chi connectivity index (χ2v) is 6.64. The van der Waals surface area contributed by atoms with Gasteiger partial charge in [-0.25, -0.2) is 5.84 Å². The summed E-state index contributed by atoms with van der Waals surface area (Å²) in [6.07, 6.45) is 3.67. The molecule has 0 bridgehead atoms. The van der Waals surface area contributed by atoms with Crippen LogP contribution in [0.4, 0.5) is 0 Å². The van der Waals surface area contributed by atoms with E-state index < -0.39 is 5.91 Å². The van der Waals surface area contributed by atoms with Crippen molar-refractivity contribution < 1.29 is 14.3 Å². The number of piperidine rings is 1. The fraction of sp³-hybridized carbons (Fsp3) is 0.381. The van der Waals surface area contributed by atoms with Crippen LogP contribution < -0.4 is 20.7 Å². The highest BCUT2D eigenvalue weighted by molar-refractivity contribution is 5.96. The molecule has 1 unspecified atom stereocenters. The van der Waals surface area contributed by atoms with Crippen LogP contribution in [-0.4, -0.2) is 37.6 Å². The highest BCUT2D eigenvalue weighted by atomic mass is 16.5. The highest BCUT2D eigenvalue weighted by Gasteiger charge is 2.23. The van der Waals surface area contributed by atoms with Gasteiger partial charge in [0, 0.05) is 18.7 Å². The molecule has 1 aliphatic rings. The van der Waals surface area contributed by atoms with Gasteiger partial charge >= 0.3 is 0 Å². The predicted molar refractivity (Wildman–Crippen MR) is 105 cm³/mol. The molecule has 0 radical (unpaired) electrons. The molecule has 6 heteroatoms. The molecule has 1 atom stereocenters. The van der Waals surface area contributed by atoms with Crippen LogP contribution in [0.15, 0.2) is 48.5 Å². The van der Waals surface area contributed by atoms with Crippen LogP contribution in [0.5, 0.6) is 11.5 Å². The number of carbonyl (C=O) groups is 1. The number of likely N-dealkylation sites (tertiary alicyclic amines) is 1. The van der Waals surface area contributed by atoms with Gasteiger partial charge in [-0.3, -0.25) is 15.1 Å². The van der Waals surface area contributed by atoms with Gasteiger partial charge in [0.1, 0.15) is 18.1 Å². The summed E-state index contributed by atoms with van der Waals surface area (Å²) < 4.78 is 11.2. The first-order chi connectivity index (χ1) is 13.2. The molecule has 1 saturated heterocycles. The van der Waals surface area contributed by atoms with Gasteiger partial charge in [-0.15, -0.1) is 0 Å². The van der Waals surface area contributed by atoms with Gasteiger partial charge < -0.3 is 9.47 Å². The third-order valence-electron chi connectivity index (χ3n) is 4.99. The number of carbonyl (C=O) groups excluding carboxylic acids is 1. The lowest BCUT2D eigenvalue weighted by atomic mass is 9.95. The lowest BCUT2D eigenvalue weighted by molar-refractivity contribution is 0.0950. The van der Waals surface area contributed by atoms with Crippen LogP contribution in [0, 0.1) is 0 Å². The van der Waals surface area contributed by atoms with Crippen molar-refractivity contribution in [2.45, 2.75) is 25.3 Å². The van der Waals surface area contributed by atoms with Crippen molar-refractivity contribution in [3.8, 4) is 11.5 Å². The molecule has 144 valence electrons. The number of nitrogens with one attached hydrogen (secondary N) is 1. The smallest absolute Gasteiger partial charge is 0.268 e. The predicted octanol–water partition coefficient (Wildman–Crippen LogP) is 2.90. The molecule has 1 heterocycles. The topological polar surface area (TPSA) is 76.8 Å². The Labute approximate surface area is 160 Å². The van der Waals surface area contributed by atoms with Crippen molar-refractivity contribution >= 4 is 5.91 Å². The van der Waals surface area contributed by atoms with E-state index in [1.807, 2.05) is 0 Å². The van der Waals surface area contributed by atoms with E-state index in [4.69, 9.17) is 15.3 Å². The summed E-state index contributed by atoms with van der Waals surface area (Å²) in [4.78, 5) is 14.2. The standard InChI is InChI=1S/C21H27N3O3/c1-26-20-15-17(10-11-18(20)21(25)23-22)27-14-13-24-12-6-5-9-19(24)16-7-3-2-4-8-16/h2-4,7-8,10-11,15,19H,5-6,9,12-14,22H2,1H3,(H,23,25). The van der Waals surface area contributed by atoms with Crippen LogP contribution in [-0.2, 0) is 0 Å². The fourth-order valence-electron chi connectivity index (χ4n) is 3.62. The Bertz CT molecular complexity index is 752. The number of methoxy groups -OCH3 is 1. The first kappa shape index (κ1) is 19.2. The number of nitrogens with two attached hydrogens (primary N) is 1. The Morgan fingerprint density at radius 2 is 2.04 bits per heavy atom. The lowest BCUT2D eigenvalue weighted by Gasteiger charge is -2.36. The van der Waals surface area contributed by atoms with Crippen molar-refractivity contribution in [1.29, 1.82) is 0 Å². The number of nitrogens with zero attached hydrogens (tertiary/aromatic N) is 1. The number of rotatable bonds is 7. The van der Waals surface area contributed by atoms with Crippen LogP contribution in [0.3, 0.4) is 0 Å². The molecular formula is C21H27N3O3. The van der Waals surface area contributed by atoms with Crippen molar-refractivity contribution in [3.63, 3.8) is 0 Å². The SMILES string of the molecule is COc1cc(OCCN2CCCCC2c2ccccc2)ccc1C(=O)NN. The molecule has 2 aromatic carbocycles. The summed E-state index contributed by atoms with van der Waals surface area (Å²) in [5.74, 6) is 5.92. The zero-order chi connectivity index (χ0) is 19.1. The minimum atomic E-state index is -0.391. The largest absolute Gasteiger partial charge is 0.496 e. The van der Waals surface area contributed by atoms with Crippen molar-refractivity contribution in [2.75, 3.05) is 26.8 Å². The number of ether oxygens (including phenoxy) is 2. The number of benzene rings is 2. The maximum absolute atomic E-state index is 11.7. The van der Waals surface area contributed by atoms with Crippen LogP contribution in [0.1, 0.15) is 41.2 Å². The van der Waals surface area contributed by atoms with E-state index in [2.05, 4.69) is 40.7 Å². The first-order valence-electron chi connectivity index (χ1n) is 9.33. The van der Waals surface area contributed by atoms with Gasteiger partial charge in [-0.2, -0.15) is 0 Å². The monoisotopic (exact) mass is 369 g/mol. The summed E-state index contributed by atoms with van der Waals surface area (Å²) in [6.45, 7) is 2.52. The fourth-order valence-corrected chi connectivity index (χ4v) is 3.62. The van der Waals surface area contributed by atoms with E-state index in [0.717, 1.165) is 13.1 Å². The third kappa shape index (κ3) is 4.78. The van der Waals surface area contributed by atoms with E-state index in [9.17, 15) is 4.79 Å². The van der Waals surface area contributed by atoms with Gasteiger partial charge in [-0.05, 0) is 37.1 Å². The molecule has 6 nitrogen and oxygen atoms in total. The zero-order valence-corrected chi connectivity index (χ0v) is 15.7. The summed E-state index contributed by atoms with van der Waals surface area (Å²) in [6, 6.07) is 16.3. The van der Waals surface area contributed by atoms with E-state index in [-0.39, 0.29) is 0 Å². The number of hydrogen-bond donors (Lipinski definition) is 2. The average molecular weight is 369 g/mol. The van der Waals surface area contributed by atoms with Crippen LogP contribution >= 0.6 is 0 Å². The molecule has 27 heavy (non-hydrogen) atoms. The average Bonchev–Trinajstić information content (AvgIpc) is 2.74. The number of hydrazine groups is 1. The number of amides is 1. The second-order valence-electron chi connectivity index (χ2n) is 6.64. The third-order valence-corrected chi connectivity index (χ3v) is 4.99. The maximum atomic E-state index is 11.7. The van der Waals surface area contributed by atoms with Gasteiger partial charge in [-0.1, -0.05) is 36.8 Å². The van der Waals surface area contributed by atoms with Gasteiger partial charge in [0.15, 0.2) is 0 Å². The molecule has 2 aromatic rings. The van der Waals surface area contributed by atoms with Crippen LogP contribution in [0.2, 0.25) is 0 Å². The van der Waals surface area contributed by atoms with E-state index in [0.29, 0.717) is 29.7 Å². The molecule has 1 amide bonds. The van der Waals surface area contributed by atoms with Crippen molar-refractivity contribution in [1.82, 2.24) is 10.3 Å². The summed E-state index contributed by atoms with van der Waals surface area (Å²) in [7, 11) is 1.52. The quantitative estimate of drug-likeness (QED) is 0.446. The Morgan fingerprint density at radius 1 is 1.22 bits per heavy atom. The van der Waals surface area contributed by atoms with Gasteiger partial charge in [0.05, 0.1) is 12.7 Å². The van der Waals surface area contributed by atoms with Crippen molar-refractivity contribution in [2.24, 2.45) is 5.84 Å². The minimum Gasteiger partial charge on any atom is -0.496 e. The van der Waals surface area contributed by atoms with Gasteiger partial charge in [0.2, 0.25) is 0 Å². The van der Waals surface area contributed by atoms with E-state index in [1.165, 1.54) is 31.9 Å². The molecule has 1 fully saturated rings. The number of hydrogen-bond acceptors (Lipinski definition) is 5. The molecule has 3 rings (SSSR count). The van der Waals surface area contributed by atoms with E-state index >= 15 is 0 Å². The van der Waals surface area contributed by atoms with Crippen molar-refractivity contribution in [3.05, 3.63) is 59.7 Å². The Morgan fingerprint density at radius 3 is 2.78 bits per heavy atom. The highest BCUT2D eigenvalue weighted by Crippen LogP contribution is 2.30. The number of nitrogen functional groups attached to an aromatic ring is 1. The van der Waals surface area contributed by atoms with E-state index in [1.54, 1.807) is 18.2 Å². The Balaban J connectivity index is 1.60. The second kappa shape index (κ2) is 9.39. The minimum absolute atomic E-state index is 0.382. The molecule has 0 saturated carbocycles. The normalized spacial score (nSPS) is 17.3. The molecule has 3 N–H and O–H groups in total. The lowest BCUT2D eigenvalue weighted by Crippen LogP contribution is -2.36. The molecule has 0 spiro atoms. The molecule has 0 aromatic heterocycles. The Hall–Kier alpha value is -2.57. The Kier molecular flexibility index (Phi) is 6.68. The zero-order valence-electron chi connectivity index (χ0n) is 15.7. The molecule has 0 aliphatic carbocycles. The summed E-state index contributed by atoms with van der Waals surface area (Å²) >= 11 is 0. The summed E-state index contributed by atoms with van der Waals surface area (Å²) in [5.41, 5.74) is 3.87. The molecular weight excluding hydrogens is 342 g/mol. The maximum Gasteiger partial charge on any atom is 0.268 e. The van der Waals surface area contributed by atoms with Gasteiger partial charge in [0.25, 0.3) is 5.91 Å². The van der Waals surface area contributed by atoms with Crippen LogP contribution in [0.25, 0.3) is 0 Å².